The number of aryl methyl sites for hydroxylation is 1. The van der Waals surface area contributed by atoms with Crippen molar-refractivity contribution in [2.45, 2.75) is 38.5 Å². The lowest BCUT2D eigenvalue weighted by molar-refractivity contribution is -0.123. The third-order valence-electron chi connectivity index (χ3n) is 4.81. The highest BCUT2D eigenvalue weighted by molar-refractivity contribution is 5.97. The Hall–Kier alpha value is -2.41. The van der Waals surface area contributed by atoms with Crippen molar-refractivity contribution in [2.24, 2.45) is 5.92 Å². The van der Waals surface area contributed by atoms with Crippen molar-refractivity contribution in [2.75, 3.05) is 6.61 Å². The number of hydrogen-bond donors (Lipinski definition) is 2. The van der Waals surface area contributed by atoms with Crippen LogP contribution in [0.2, 0.25) is 0 Å². The van der Waals surface area contributed by atoms with Crippen molar-refractivity contribution in [3.63, 3.8) is 0 Å². The van der Waals surface area contributed by atoms with Gasteiger partial charge in [0.05, 0.1) is 18.2 Å². The van der Waals surface area contributed by atoms with Crippen LogP contribution >= 0.6 is 0 Å². The number of nitrogens with zero attached hydrogens (tertiary/aromatic N) is 1. The van der Waals surface area contributed by atoms with E-state index < -0.39 is 0 Å². The first kappa shape index (κ1) is 15.1. The number of fused-ring (bicyclic) bond motifs is 2. The van der Waals surface area contributed by atoms with Crippen LogP contribution in [0, 0.1) is 12.8 Å². The second-order valence-corrected chi connectivity index (χ2v) is 6.43. The number of amides is 2. The van der Waals surface area contributed by atoms with E-state index in [1.165, 1.54) is 6.92 Å². The van der Waals surface area contributed by atoms with E-state index in [1.807, 2.05) is 0 Å². The maximum absolute atomic E-state index is 12.6. The Morgan fingerprint density at radius 3 is 2.88 bits per heavy atom. The first-order valence-electron chi connectivity index (χ1n) is 8.10. The number of nitrogens with one attached hydrogen (secondary N) is 2. The fourth-order valence-corrected chi connectivity index (χ4v) is 3.73. The molecule has 1 aliphatic carbocycles. The summed E-state index contributed by atoms with van der Waals surface area (Å²) in [5.74, 6) is 0.517. The predicted molar refractivity (Wildman–Crippen MR) is 85.5 cm³/mol. The Balaban J connectivity index is 1.52. The molecule has 7 nitrogen and oxygen atoms in total. The molecule has 24 heavy (non-hydrogen) atoms. The van der Waals surface area contributed by atoms with Crippen molar-refractivity contribution >= 4 is 22.9 Å². The number of hydrogen-bond acceptors (Lipinski definition) is 5. The zero-order valence-corrected chi connectivity index (χ0v) is 13.5. The van der Waals surface area contributed by atoms with E-state index in [-0.39, 0.29) is 35.9 Å². The minimum atomic E-state index is -0.184. The van der Waals surface area contributed by atoms with Crippen molar-refractivity contribution < 1.29 is 18.7 Å². The summed E-state index contributed by atoms with van der Waals surface area (Å²) in [4.78, 5) is 28.2. The minimum Gasteiger partial charge on any atom is -0.441 e. The molecular formula is C17H19N3O4. The highest BCUT2D eigenvalue weighted by Gasteiger charge is 2.54. The number of carbonyl (C=O) groups excluding carboxylic acids is 2. The summed E-state index contributed by atoms with van der Waals surface area (Å²) < 4.78 is 11.1. The lowest BCUT2D eigenvalue weighted by atomic mass is 9.71. The molecule has 0 spiro atoms. The molecule has 2 fully saturated rings. The lowest BCUT2D eigenvalue weighted by Gasteiger charge is -2.47. The molecule has 2 aliphatic rings. The summed E-state index contributed by atoms with van der Waals surface area (Å²) in [6, 6.07) is 4.92. The van der Waals surface area contributed by atoms with Gasteiger partial charge in [0, 0.05) is 31.9 Å². The third kappa shape index (κ3) is 2.45. The molecule has 1 aromatic carbocycles. The minimum absolute atomic E-state index is 0.00129. The molecule has 4 unspecified atom stereocenters. The Kier molecular flexibility index (Phi) is 3.53. The van der Waals surface area contributed by atoms with Gasteiger partial charge in [0.25, 0.3) is 5.91 Å². The average Bonchev–Trinajstić information content (AvgIpc) is 3.12. The summed E-state index contributed by atoms with van der Waals surface area (Å²) >= 11 is 0. The Labute approximate surface area is 138 Å². The molecule has 2 amide bonds. The molecule has 126 valence electrons. The molecular weight excluding hydrogens is 310 g/mol. The van der Waals surface area contributed by atoms with Gasteiger partial charge in [-0.15, -0.1) is 0 Å². The quantitative estimate of drug-likeness (QED) is 0.881. The molecule has 1 aromatic heterocycles. The summed E-state index contributed by atoms with van der Waals surface area (Å²) in [7, 11) is 0. The fourth-order valence-electron chi connectivity index (χ4n) is 3.73. The number of rotatable bonds is 3. The summed E-state index contributed by atoms with van der Waals surface area (Å²) in [6.45, 7) is 3.91. The smallest absolute Gasteiger partial charge is 0.251 e. The third-order valence-corrected chi connectivity index (χ3v) is 4.81. The van der Waals surface area contributed by atoms with Gasteiger partial charge in [0.2, 0.25) is 5.91 Å². The van der Waals surface area contributed by atoms with Crippen molar-refractivity contribution in [3.05, 3.63) is 29.7 Å². The van der Waals surface area contributed by atoms with Gasteiger partial charge in [-0.2, -0.15) is 0 Å². The van der Waals surface area contributed by atoms with Crippen LogP contribution in [-0.4, -0.2) is 41.6 Å². The van der Waals surface area contributed by atoms with Gasteiger partial charge in [-0.25, -0.2) is 4.98 Å². The van der Waals surface area contributed by atoms with E-state index in [0.717, 1.165) is 11.9 Å². The Morgan fingerprint density at radius 2 is 2.08 bits per heavy atom. The van der Waals surface area contributed by atoms with Gasteiger partial charge in [-0.05, 0) is 24.6 Å². The van der Waals surface area contributed by atoms with Gasteiger partial charge in [-0.3, -0.25) is 9.59 Å². The van der Waals surface area contributed by atoms with Gasteiger partial charge in [0.1, 0.15) is 5.52 Å². The molecule has 4 rings (SSSR count). The first-order chi connectivity index (χ1) is 11.5. The maximum Gasteiger partial charge on any atom is 0.251 e. The van der Waals surface area contributed by atoms with E-state index in [1.54, 1.807) is 25.1 Å². The van der Waals surface area contributed by atoms with Crippen molar-refractivity contribution in [1.82, 2.24) is 15.6 Å². The van der Waals surface area contributed by atoms with E-state index >= 15 is 0 Å². The molecule has 2 aromatic rings. The number of oxazole rings is 1. The van der Waals surface area contributed by atoms with Crippen molar-refractivity contribution in [1.29, 1.82) is 0 Å². The van der Waals surface area contributed by atoms with Crippen LogP contribution in [0.4, 0.5) is 0 Å². The molecule has 7 heteroatoms. The van der Waals surface area contributed by atoms with Crippen molar-refractivity contribution in [3.8, 4) is 0 Å². The van der Waals surface area contributed by atoms with Crippen LogP contribution in [0.25, 0.3) is 11.1 Å². The van der Waals surface area contributed by atoms with Gasteiger partial charge in [-0.1, -0.05) is 0 Å². The molecule has 0 bridgehead atoms. The zero-order chi connectivity index (χ0) is 16.8. The number of ether oxygens (including phenoxy) is 1. The molecule has 2 N–H and O–H groups in total. The topological polar surface area (TPSA) is 93.5 Å². The second kappa shape index (κ2) is 5.59. The molecule has 1 saturated heterocycles. The normalized spacial score (nSPS) is 28.2. The first-order valence-corrected chi connectivity index (χ1v) is 8.10. The Bertz CT molecular complexity index is 815. The van der Waals surface area contributed by atoms with Crippen LogP contribution in [-0.2, 0) is 9.53 Å². The summed E-state index contributed by atoms with van der Waals surface area (Å²) in [5, 5.41) is 5.92. The molecule has 0 radical (unpaired) electrons. The highest BCUT2D eigenvalue weighted by Crippen LogP contribution is 2.39. The molecule has 4 atom stereocenters. The molecule has 2 heterocycles. The largest absolute Gasteiger partial charge is 0.441 e. The zero-order valence-electron chi connectivity index (χ0n) is 13.5. The summed E-state index contributed by atoms with van der Waals surface area (Å²) in [6.07, 6.45) is 0.894. The van der Waals surface area contributed by atoms with Crippen LogP contribution in [0.1, 0.15) is 29.6 Å². The summed E-state index contributed by atoms with van der Waals surface area (Å²) in [5.41, 5.74) is 1.84. The van der Waals surface area contributed by atoms with Gasteiger partial charge < -0.3 is 19.8 Å². The van der Waals surface area contributed by atoms with Crippen LogP contribution in [0.3, 0.4) is 0 Å². The van der Waals surface area contributed by atoms with Gasteiger partial charge in [0.15, 0.2) is 11.5 Å². The average molecular weight is 329 g/mol. The SMILES string of the molecule is CC(=O)NC1C(NC(=O)c2ccc3nc(C)oc3c2)C2CCOC21. The number of carbonyl (C=O) groups is 2. The number of aromatic nitrogens is 1. The van der Waals surface area contributed by atoms with Crippen LogP contribution < -0.4 is 10.6 Å². The molecule has 1 saturated carbocycles. The fraction of sp³-hybridized carbons (Fsp3) is 0.471. The molecule has 1 aliphatic heterocycles. The van der Waals surface area contributed by atoms with Crippen LogP contribution in [0.15, 0.2) is 22.6 Å². The van der Waals surface area contributed by atoms with E-state index in [4.69, 9.17) is 9.15 Å². The number of benzene rings is 1. The van der Waals surface area contributed by atoms with Crippen LogP contribution in [0.5, 0.6) is 0 Å². The Morgan fingerprint density at radius 1 is 1.25 bits per heavy atom. The predicted octanol–water partition coefficient (Wildman–Crippen LogP) is 1.16. The van der Waals surface area contributed by atoms with Gasteiger partial charge >= 0.3 is 0 Å². The monoisotopic (exact) mass is 329 g/mol. The highest BCUT2D eigenvalue weighted by atomic mass is 16.5. The van der Waals surface area contributed by atoms with E-state index in [0.29, 0.717) is 23.6 Å². The van der Waals surface area contributed by atoms with E-state index in [9.17, 15) is 9.59 Å². The second-order valence-electron chi connectivity index (χ2n) is 6.43. The van der Waals surface area contributed by atoms with E-state index in [2.05, 4.69) is 15.6 Å². The standard InChI is InChI=1S/C17H19N3O4/c1-8(21)18-15-14(11-5-6-23-16(11)15)20-17(22)10-3-4-12-13(7-10)24-9(2)19-12/h3-4,7,11,14-16H,5-6H2,1-2H3,(H,18,21)(H,20,22). The maximum atomic E-state index is 12.6. The lowest BCUT2D eigenvalue weighted by Crippen LogP contribution is -2.70.